The molecule has 174 valence electrons. The standard InChI is InChI=1S/C24H21ClN4O5/c1-15-10-16(2)28(27-15)13-17-4-3-5-18(11-17)26-24(30)22-9-7-20(34-22)14-33-23-12-19(29(31)32)6-8-21(23)25/h3-12H,13-14H2,1-2H3,(H,26,30). The van der Waals surface area contributed by atoms with Crippen LogP contribution in [-0.4, -0.2) is 20.6 Å². The molecule has 0 spiro atoms. The van der Waals surface area contributed by atoms with E-state index in [9.17, 15) is 14.9 Å². The summed E-state index contributed by atoms with van der Waals surface area (Å²) in [5, 5.41) is 18.5. The number of hydrogen-bond acceptors (Lipinski definition) is 6. The van der Waals surface area contributed by atoms with Crippen LogP contribution < -0.4 is 10.1 Å². The number of rotatable bonds is 8. The van der Waals surface area contributed by atoms with Gasteiger partial charge in [0.05, 0.1) is 28.3 Å². The largest absolute Gasteiger partial charge is 0.484 e. The van der Waals surface area contributed by atoms with Crippen molar-refractivity contribution < 1.29 is 18.9 Å². The highest BCUT2D eigenvalue weighted by molar-refractivity contribution is 6.32. The van der Waals surface area contributed by atoms with Crippen LogP contribution in [0, 0.1) is 24.0 Å². The summed E-state index contributed by atoms with van der Waals surface area (Å²) in [6, 6.07) is 16.5. The lowest BCUT2D eigenvalue weighted by Crippen LogP contribution is -2.11. The van der Waals surface area contributed by atoms with Gasteiger partial charge in [-0.3, -0.25) is 19.6 Å². The molecule has 2 aromatic carbocycles. The van der Waals surface area contributed by atoms with E-state index in [0.717, 1.165) is 17.0 Å². The highest BCUT2D eigenvalue weighted by Crippen LogP contribution is 2.29. The lowest BCUT2D eigenvalue weighted by molar-refractivity contribution is -0.384. The van der Waals surface area contributed by atoms with Crippen LogP contribution >= 0.6 is 11.6 Å². The quantitative estimate of drug-likeness (QED) is 0.262. The Bertz CT molecular complexity index is 1360. The number of aryl methyl sites for hydroxylation is 2. The molecule has 2 heterocycles. The first kappa shape index (κ1) is 23.1. The average molecular weight is 481 g/mol. The summed E-state index contributed by atoms with van der Waals surface area (Å²) in [5.41, 5.74) is 3.49. The summed E-state index contributed by atoms with van der Waals surface area (Å²) in [6.07, 6.45) is 0. The van der Waals surface area contributed by atoms with E-state index in [2.05, 4.69) is 10.4 Å². The van der Waals surface area contributed by atoms with Crippen LogP contribution in [-0.2, 0) is 13.2 Å². The third kappa shape index (κ3) is 5.44. The molecule has 10 heteroatoms. The zero-order chi connectivity index (χ0) is 24.2. The summed E-state index contributed by atoms with van der Waals surface area (Å²) in [7, 11) is 0. The van der Waals surface area contributed by atoms with Crippen LogP contribution in [0.5, 0.6) is 5.75 Å². The number of non-ortho nitro benzene ring substituents is 1. The minimum absolute atomic E-state index is 0.0493. The number of aromatic nitrogens is 2. The number of carbonyl (C=O) groups is 1. The number of carbonyl (C=O) groups excluding carboxylic acids is 1. The van der Waals surface area contributed by atoms with Crippen molar-refractivity contribution in [3.63, 3.8) is 0 Å². The Morgan fingerprint density at radius 3 is 2.74 bits per heavy atom. The molecule has 0 unspecified atom stereocenters. The summed E-state index contributed by atoms with van der Waals surface area (Å²) < 4.78 is 13.0. The molecule has 0 fully saturated rings. The van der Waals surface area contributed by atoms with Crippen LogP contribution in [0.25, 0.3) is 0 Å². The van der Waals surface area contributed by atoms with Gasteiger partial charge in [-0.25, -0.2) is 0 Å². The number of nitrogens with zero attached hydrogens (tertiary/aromatic N) is 3. The van der Waals surface area contributed by atoms with Gasteiger partial charge in [0.1, 0.15) is 18.1 Å². The maximum atomic E-state index is 12.6. The van der Waals surface area contributed by atoms with Gasteiger partial charge in [-0.15, -0.1) is 0 Å². The first-order valence-corrected chi connectivity index (χ1v) is 10.7. The van der Waals surface area contributed by atoms with Gasteiger partial charge in [-0.2, -0.15) is 5.10 Å². The fraction of sp³-hybridized carbons (Fsp3) is 0.167. The Labute approximate surface area is 200 Å². The predicted octanol–water partition coefficient (Wildman–Crippen LogP) is 5.53. The number of nitro groups is 1. The van der Waals surface area contributed by atoms with E-state index < -0.39 is 10.8 Å². The molecule has 34 heavy (non-hydrogen) atoms. The minimum atomic E-state index is -0.537. The van der Waals surface area contributed by atoms with Crippen molar-refractivity contribution in [3.8, 4) is 5.75 Å². The molecule has 0 aliphatic rings. The number of amides is 1. The number of anilines is 1. The molecule has 1 N–H and O–H groups in total. The van der Waals surface area contributed by atoms with Gasteiger partial charge in [-0.05, 0) is 55.8 Å². The van der Waals surface area contributed by atoms with Crippen LogP contribution in [0.1, 0.15) is 33.3 Å². The average Bonchev–Trinajstić information content (AvgIpc) is 3.39. The number of benzene rings is 2. The molecule has 0 bridgehead atoms. The SMILES string of the molecule is Cc1cc(C)n(Cc2cccc(NC(=O)c3ccc(COc4cc([N+](=O)[O-])ccc4Cl)o3)c2)n1. The van der Waals surface area contributed by atoms with Crippen molar-refractivity contribution in [2.75, 3.05) is 5.32 Å². The molecule has 0 saturated carbocycles. The molecular weight excluding hydrogens is 460 g/mol. The molecule has 4 aromatic rings. The molecule has 1 amide bonds. The molecule has 4 rings (SSSR count). The van der Waals surface area contributed by atoms with Gasteiger partial charge in [-0.1, -0.05) is 23.7 Å². The third-order valence-corrected chi connectivity index (χ3v) is 5.31. The minimum Gasteiger partial charge on any atom is -0.484 e. The maximum Gasteiger partial charge on any atom is 0.291 e. The maximum absolute atomic E-state index is 12.6. The van der Waals surface area contributed by atoms with Gasteiger partial charge in [0.2, 0.25) is 0 Å². The number of nitro benzene ring substituents is 1. The molecular formula is C24H21ClN4O5. The van der Waals surface area contributed by atoms with E-state index in [4.69, 9.17) is 20.8 Å². The van der Waals surface area contributed by atoms with Crippen LogP contribution in [0.15, 0.2) is 65.1 Å². The number of furan rings is 1. The predicted molar refractivity (Wildman–Crippen MR) is 126 cm³/mol. The van der Waals surface area contributed by atoms with Crippen molar-refractivity contribution >= 4 is 28.9 Å². The Balaban J connectivity index is 1.39. The van der Waals surface area contributed by atoms with Gasteiger partial charge in [0.15, 0.2) is 5.76 Å². The number of hydrogen-bond donors (Lipinski definition) is 1. The van der Waals surface area contributed by atoms with Gasteiger partial charge in [0.25, 0.3) is 11.6 Å². The van der Waals surface area contributed by atoms with E-state index in [0.29, 0.717) is 18.0 Å². The van der Waals surface area contributed by atoms with Crippen molar-refractivity contribution in [3.05, 3.63) is 104 Å². The second-order valence-electron chi connectivity index (χ2n) is 7.67. The first-order valence-electron chi connectivity index (χ1n) is 10.4. The normalized spacial score (nSPS) is 10.8. The Kier molecular flexibility index (Phi) is 6.65. The van der Waals surface area contributed by atoms with E-state index in [-0.39, 0.29) is 28.8 Å². The van der Waals surface area contributed by atoms with E-state index >= 15 is 0 Å². The Morgan fingerprint density at radius 1 is 1.18 bits per heavy atom. The second-order valence-corrected chi connectivity index (χ2v) is 8.07. The zero-order valence-corrected chi connectivity index (χ0v) is 19.2. The fourth-order valence-corrected chi connectivity index (χ4v) is 3.56. The van der Waals surface area contributed by atoms with Gasteiger partial charge in [0, 0.05) is 17.4 Å². The number of halogens is 1. The lowest BCUT2D eigenvalue weighted by atomic mass is 10.2. The van der Waals surface area contributed by atoms with E-state index in [1.807, 2.05) is 42.8 Å². The molecule has 0 aliphatic carbocycles. The highest BCUT2D eigenvalue weighted by atomic mass is 35.5. The van der Waals surface area contributed by atoms with E-state index in [1.165, 1.54) is 24.3 Å². The third-order valence-electron chi connectivity index (χ3n) is 5.00. The molecule has 0 saturated heterocycles. The van der Waals surface area contributed by atoms with Gasteiger partial charge >= 0.3 is 0 Å². The van der Waals surface area contributed by atoms with Crippen molar-refractivity contribution in [1.82, 2.24) is 9.78 Å². The molecule has 2 aromatic heterocycles. The summed E-state index contributed by atoms with van der Waals surface area (Å²) >= 11 is 6.04. The summed E-state index contributed by atoms with van der Waals surface area (Å²) in [6.45, 7) is 4.48. The molecule has 9 nitrogen and oxygen atoms in total. The number of nitrogens with one attached hydrogen (secondary N) is 1. The zero-order valence-electron chi connectivity index (χ0n) is 18.4. The van der Waals surface area contributed by atoms with Gasteiger partial charge < -0.3 is 14.5 Å². The van der Waals surface area contributed by atoms with Crippen LogP contribution in [0.3, 0.4) is 0 Å². The Morgan fingerprint density at radius 2 is 2.00 bits per heavy atom. The summed E-state index contributed by atoms with van der Waals surface area (Å²) in [5.74, 6) is 0.208. The van der Waals surface area contributed by atoms with Crippen molar-refractivity contribution in [1.29, 1.82) is 0 Å². The van der Waals surface area contributed by atoms with Crippen molar-refractivity contribution in [2.24, 2.45) is 0 Å². The Hall–Kier alpha value is -4.11. The smallest absolute Gasteiger partial charge is 0.291 e. The van der Waals surface area contributed by atoms with Crippen LogP contribution in [0.4, 0.5) is 11.4 Å². The van der Waals surface area contributed by atoms with Crippen LogP contribution in [0.2, 0.25) is 5.02 Å². The first-order chi connectivity index (χ1) is 16.3. The number of ether oxygens (including phenoxy) is 1. The molecule has 0 radical (unpaired) electrons. The van der Waals surface area contributed by atoms with Crippen molar-refractivity contribution in [2.45, 2.75) is 27.0 Å². The fourth-order valence-electron chi connectivity index (χ4n) is 3.39. The lowest BCUT2D eigenvalue weighted by Gasteiger charge is -2.08. The molecule has 0 atom stereocenters. The topological polar surface area (TPSA) is 112 Å². The second kappa shape index (κ2) is 9.80. The monoisotopic (exact) mass is 480 g/mol. The highest BCUT2D eigenvalue weighted by Gasteiger charge is 2.15. The molecule has 0 aliphatic heterocycles. The van der Waals surface area contributed by atoms with E-state index in [1.54, 1.807) is 12.1 Å². The summed E-state index contributed by atoms with van der Waals surface area (Å²) in [4.78, 5) is 23.0.